The maximum Gasteiger partial charge on any atom is 0.298 e. The smallest absolute Gasteiger partial charge is 0.298 e. The summed E-state index contributed by atoms with van der Waals surface area (Å²) in [5, 5.41) is -1.87. The van der Waals surface area contributed by atoms with Crippen molar-refractivity contribution >= 4 is 37.6 Å². The molecule has 0 N–H and O–H groups in total. The predicted molar refractivity (Wildman–Crippen MR) is 59.3 cm³/mol. The zero-order valence-corrected chi connectivity index (χ0v) is 9.55. The molecule has 0 aliphatic heterocycles. The Bertz CT molecular complexity index is 396. The third-order valence-corrected chi connectivity index (χ3v) is 2.59. The van der Waals surface area contributed by atoms with Crippen molar-refractivity contribution < 1.29 is 13.9 Å². The van der Waals surface area contributed by atoms with Crippen LogP contribution in [0.5, 0.6) is 0 Å². The van der Waals surface area contributed by atoms with E-state index < -0.39 is 17.0 Å². The second-order valence-corrected chi connectivity index (χ2v) is 3.84. The summed E-state index contributed by atoms with van der Waals surface area (Å²) in [6.07, 6.45) is 0. The SMILES string of the molecule is [B]C([B])(C(=O)OC)c1cc(F)ccc1Br. The van der Waals surface area contributed by atoms with Crippen LogP contribution in [0.4, 0.5) is 4.39 Å². The molecule has 0 spiro atoms. The molecule has 0 saturated carbocycles. The van der Waals surface area contributed by atoms with Crippen LogP contribution in [0, 0.1) is 5.82 Å². The lowest BCUT2D eigenvalue weighted by atomic mass is 9.51. The molecular weight excluding hydrogens is 261 g/mol. The number of halogens is 2. The maximum absolute atomic E-state index is 13.0. The van der Waals surface area contributed by atoms with Gasteiger partial charge in [0.2, 0.25) is 0 Å². The molecule has 0 aromatic heterocycles. The Labute approximate surface area is 98.1 Å². The molecule has 2 nitrogen and oxygen atoms in total. The number of hydrogen-bond acceptors (Lipinski definition) is 2. The second-order valence-electron chi connectivity index (χ2n) is 2.98. The molecular formula is C9H6B2BrFO2. The van der Waals surface area contributed by atoms with Crippen molar-refractivity contribution in [2.75, 3.05) is 7.11 Å². The molecule has 0 aliphatic carbocycles. The van der Waals surface area contributed by atoms with Gasteiger partial charge in [0.1, 0.15) is 5.82 Å². The van der Waals surface area contributed by atoms with Gasteiger partial charge >= 0.3 is 0 Å². The largest absolute Gasteiger partial charge is 0.469 e. The number of carbonyl (C=O) groups excluding carboxylic acids is 1. The van der Waals surface area contributed by atoms with E-state index in [4.69, 9.17) is 15.7 Å². The molecule has 1 rings (SSSR count). The summed E-state index contributed by atoms with van der Waals surface area (Å²) in [7, 11) is 12.3. The molecule has 15 heavy (non-hydrogen) atoms. The zero-order valence-electron chi connectivity index (χ0n) is 7.96. The molecule has 6 heteroatoms. The van der Waals surface area contributed by atoms with Crippen LogP contribution >= 0.6 is 15.9 Å². The first kappa shape index (κ1) is 12.3. The molecule has 0 saturated heterocycles. The minimum Gasteiger partial charge on any atom is -0.469 e. The lowest BCUT2D eigenvalue weighted by Crippen LogP contribution is -2.38. The number of hydrogen-bond donors (Lipinski definition) is 0. The minimum atomic E-state index is -1.87. The van der Waals surface area contributed by atoms with Gasteiger partial charge in [0.15, 0.2) is 0 Å². The fourth-order valence-corrected chi connectivity index (χ4v) is 1.67. The molecule has 4 radical (unpaired) electrons. The van der Waals surface area contributed by atoms with Crippen LogP contribution < -0.4 is 0 Å². The molecule has 0 unspecified atom stereocenters. The summed E-state index contributed by atoms with van der Waals surface area (Å²) in [4.78, 5) is 11.3. The Morgan fingerprint density at radius 1 is 1.53 bits per heavy atom. The molecule has 0 heterocycles. The van der Waals surface area contributed by atoms with Gasteiger partial charge in [-0.3, -0.25) is 4.79 Å². The fourth-order valence-electron chi connectivity index (χ4n) is 1.09. The van der Waals surface area contributed by atoms with Gasteiger partial charge < -0.3 is 4.74 Å². The van der Waals surface area contributed by atoms with Gasteiger partial charge in [-0.15, -0.1) is 0 Å². The molecule has 1 aromatic carbocycles. The number of rotatable bonds is 2. The van der Waals surface area contributed by atoms with E-state index in [1.54, 1.807) is 0 Å². The Balaban J connectivity index is 3.25. The maximum atomic E-state index is 13.0. The average Bonchev–Trinajstić information content (AvgIpc) is 2.20. The van der Waals surface area contributed by atoms with E-state index in [9.17, 15) is 9.18 Å². The van der Waals surface area contributed by atoms with Crippen molar-refractivity contribution in [1.82, 2.24) is 0 Å². The highest BCUT2D eigenvalue weighted by Crippen LogP contribution is 2.27. The Kier molecular flexibility index (Phi) is 3.60. The van der Waals surface area contributed by atoms with E-state index in [0.717, 1.165) is 13.2 Å². The minimum absolute atomic E-state index is 0.134. The Hall–Kier alpha value is -0.770. The molecule has 1 aromatic rings. The van der Waals surface area contributed by atoms with Gasteiger partial charge in [-0.25, -0.2) is 4.39 Å². The van der Waals surface area contributed by atoms with E-state index in [1.807, 2.05) is 0 Å². The highest BCUT2D eigenvalue weighted by Gasteiger charge is 2.31. The summed E-state index contributed by atoms with van der Waals surface area (Å²) in [5.41, 5.74) is 0.134. The van der Waals surface area contributed by atoms with Gasteiger partial charge in [0.25, 0.3) is 5.97 Å². The van der Waals surface area contributed by atoms with Crippen LogP contribution in [0.2, 0.25) is 0 Å². The molecule has 0 fully saturated rings. The van der Waals surface area contributed by atoms with Crippen molar-refractivity contribution in [3.8, 4) is 0 Å². The molecule has 0 atom stereocenters. The molecule has 0 amide bonds. The standard InChI is InChI=1S/C9H6B2BrFO2/c1-15-8(14)9(10,11)6-4-5(13)2-3-7(6)12/h2-4H,1H3. The van der Waals surface area contributed by atoms with E-state index in [0.29, 0.717) is 4.47 Å². The van der Waals surface area contributed by atoms with E-state index >= 15 is 0 Å². The van der Waals surface area contributed by atoms with Crippen molar-refractivity contribution in [3.63, 3.8) is 0 Å². The topological polar surface area (TPSA) is 26.3 Å². The second kappa shape index (κ2) is 4.39. The number of esters is 1. The Morgan fingerprint density at radius 3 is 2.67 bits per heavy atom. The van der Waals surface area contributed by atoms with Crippen LogP contribution in [0.3, 0.4) is 0 Å². The van der Waals surface area contributed by atoms with Gasteiger partial charge in [0.05, 0.1) is 22.8 Å². The lowest BCUT2D eigenvalue weighted by Gasteiger charge is -2.24. The highest BCUT2D eigenvalue weighted by molar-refractivity contribution is 9.10. The molecule has 0 aliphatic rings. The van der Waals surface area contributed by atoms with Crippen molar-refractivity contribution in [1.29, 1.82) is 0 Å². The van der Waals surface area contributed by atoms with Crippen LogP contribution in [0.25, 0.3) is 0 Å². The van der Waals surface area contributed by atoms with Gasteiger partial charge in [-0.05, 0) is 23.8 Å². The molecule has 74 valence electrons. The third-order valence-electron chi connectivity index (χ3n) is 1.90. The normalized spacial score (nSPS) is 11.1. The third kappa shape index (κ3) is 2.43. The molecule has 0 bridgehead atoms. The first-order chi connectivity index (χ1) is 6.89. The summed E-state index contributed by atoms with van der Waals surface area (Å²) >= 11 is 3.13. The zero-order chi connectivity index (χ0) is 11.6. The van der Waals surface area contributed by atoms with Crippen LogP contribution in [0.1, 0.15) is 5.56 Å². The number of benzene rings is 1. The lowest BCUT2D eigenvalue weighted by molar-refractivity contribution is -0.141. The number of methoxy groups -OCH3 is 1. The summed E-state index contributed by atoms with van der Waals surface area (Å²) in [6.45, 7) is 0. The Morgan fingerprint density at radius 2 is 2.13 bits per heavy atom. The predicted octanol–water partition coefficient (Wildman–Crippen LogP) is 1.25. The first-order valence-electron chi connectivity index (χ1n) is 4.01. The highest BCUT2D eigenvalue weighted by atomic mass is 79.9. The van der Waals surface area contributed by atoms with E-state index in [2.05, 4.69) is 20.7 Å². The van der Waals surface area contributed by atoms with Gasteiger partial charge in [0, 0.05) is 9.69 Å². The van der Waals surface area contributed by atoms with Crippen molar-refractivity contribution in [3.05, 3.63) is 34.1 Å². The first-order valence-corrected chi connectivity index (χ1v) is 4.80. The van der Waals surface area contributed by atoms with Crippen LogP contribution in [0.15, 0.2) is 22.7 Å². The quantitative estimate of drug-likeness (QED) is 0.595. The van der Waals surface area contributed by atoms with Crippen LogP contribution in [-0.4, -0.2) is 28.8 Å². The van der Waals surface area contributed by atoms with E-state index in [1.165, 1.54) is 12.1 Å². The van der Waals surface area contributed by atoms with Crippen molar-refractivity contribution in [2.24, 2.45) is 0 Å². The number of ether oxygens (including phenoxy) is 1. The van der Waals surface area contributed by atoms with E-state index in [-0.39, 0.29) is 5.56 Å². The average molecular weight is 267 g/mol. The number of carbonyl (C=O) groups is 1. The summed E-state index contributed by atoms with van der Waals surface area (Å²) in [6, 6.07) is 3.73. The summed E-state index contributed by atoms with van der Waals surface area (Å²) < 4.78 is 17.8. The fraction of sp³-hybridized carbons (Fsp3) is 0.222. The van der Waals surface area contributed by atoms with Crippen molar-refractivity contribution in [2.45, 2.75) is 5.21 Å². The van der Waals surface area contributed by atoms with Gasteiger partial charge in [-0.2, -0.15) is 0 Å². The monoisotopic (exact) mass is 266 g/mol. The van der Waals surface area contributed by atoms with Gasteiger partial charge in [-0.1, -0.05) is 15.9 Å². The van der Waals surface area contributed by atoms with Crippen LogP contribution in [-0.2, 0) is 14.7 Å². The summed E-state index contributed by atoms with van der Waals surface area (Å²) in [5.74, 6) is -1.37.